The molecule has 0 radical (unpaired) electrons. The third-order valence-corrected chi connectivity index (χ3v) is 5.82. The van der Waals surface area contributed by atoms with Gasteiger partial charge in [-0.25, -0.2) is 0 Å². The van der Waals surface area contributed by atoms with Crippen molar-refractivity contribution >= 4 is 39.1 Å². The molecule has 0 aliphatic carbocycles. The summed E-state index contributed by atoms with van der Waals surface area (Å²) in [4.78, 5) is 25.4. The minimum absolute atomic E-state index is 0.00138. The van der Waals surface area contributed by atoms with Crippen LogP contribution in [0.15, 0.2) is 65.8 Å². The molecule has 0 atom stereocenters. The molecule has 0 saturated carbocycles. The first kappa shape index (κ1) is 20.5. The van der Waals surface area contributed by atoms with E-state index in [4.69, 9.17) is 5.21 Å². The lowest BCUT2D eigenvalue weighted by atomic mass is 9.97. The average Bonchev–Trinajstić information content (AvgIpc) is 3.10. The van der Waals surface area contributed by atoms with Crippen molar-refractivity contribution in [1.29, 1.82) is 0 Å². The number of aromatic nitrogens is 1. The number of aryl methyl sites for hydroxylation is 2. The SMILES string of the molecule is CCn1c2ccc(CC(=O)C(C)=NO)cc2c2cc(C(=O)c3ccccc3C)ccc21. The number of fused-ring (bicyclic) bond motifs is 3. The standard InChI is InChI=1S/C26H24N2O3/c1-4-28-23-11-9-18(14-25(29)17(3)27-31)13-21(23)22-15-19(10-12-24(22)28)26(30)20-8-6-5-7-16(20)2/h5-13,15,31H,4,14H2,1-3H3. The Morgan fingerprint density at radius 2 is 1.65 bits per heavy atom. The molecule has 1 N–H and O–H groups in total. The number of benzene rings is 3. The number of rotatable bonds is 6. The number of Topliss-reactive ketones (excluding diaryl/α,β-unsaturated/α-hetero) is 1. The van der Waals surface area contributed by atoms with Crippen molar-refractivity contribution in [3.05, 3.63) is 82.9 Å². The van der Waals surface area contributed by atoms with Crippen LogP contribution in [0.1, 0.15) is 40.9 Å². The summed E-state index contributed by atoms with van der Waals surface area (Å²) in [5, 5.41) is 13.9. The predicted molar refractivity (Wildman–Crippen MR) is 123 cm³/mol. The summed E-state index contributed by atoms with van der Waals surface area (Å²) < 4.78 is 2.21. The molecule has 1 aromatic heterocycles. The van der Waals surface area contributed by atoms with Gasteiger partial charge < -0.3 is 9.77 Å². The zero-order valence-corrected chi connectivity index (χ0v) is 17.8. The Balaban J connectivity index is 1.86. The van der Waals surface area contributed by atoms with Gasteiger partial charge in [-0.05, 0) is 62.2 Å². The van der Waals surface area contributed by atoms with Crippen LogP contribution < -0.4 is 0 Å². The van der Waals surface area contributed by atoms with Crippen molar-refractivity contribution in [2.75, 3.05) is 0 Å². The fourth-order valence-electron chi connectivity index (χ4n) is 4.10. The molecule has 0 aliphatic heterocycles. The van der Waals surface area contributed by atoms with Gasteiger partial charge in [0.2, 0.25) is 0 Å². The summed E-state index contributed by atoms with van der Waals surface area (Å²) in [6, 6.07) is 19.4. The zero-order valence-electron chi connectivity index (χ0n) is 17.8. The lowest BCUT2D eigenvalue weighted by Crippen LogP contribution is -2.12. The highest BCUT2D eigenvalue weighted by molar-refractivity contribution is 6.39. The maximum absolute atomic E-state index is 13.2. The zero-order chi connectivity index (χ0) is 22.1. The maximum Gasteiger partial charge on any atom is 0.193 e. The second-order valence-corrected chi connectivity index (χ2v) is 7.76. The molecule has 0 saturated heterocycles. The summed E-state index contributed by atoms with van der Waals surface area (Å²) in [7, 11) is 0. The Bertz CT molecular complexity index is 1360. The van der Waals surface area contributed by atoms with E-state index in [-0.39, 0.29) is 23.7 Å². The van der Waals surface area contributed by atoms with E-state index in [1.807, 2.05) is 67.6 Å². The second-order valence-electron chi connectivity index (χ2n) is 7.76. The van der Waals surface area contributed by atoms with Gasteiger partial charge in [-0.15, -0.1) is 0 Å². The Kier molecular flexibility index (Phi) is 5.42. The molecule has 156 valence electrons. The summed E-state index contributed by atoms with van der Waals surface area (Å²) in [6.45, 7) is 6.31. The van der Waals surface area contributed by atoms with E-state index in [0.717, 1.165) is 39.5 Å². The van der Waals surface area contributed by atoms with Crippen LogP contribution in [0, 0.1) is 6.92 Å². The molecule has 4 aromatic rings. The smallest absolute Gasteiger partial charge is 0.193 e. The summed E-state index contributed by atoms with van der Waals surface area (Å²) in [5.41, 5.74) is 5.32. The van der Waals surface area contributed by atoms with E-state index in [1.165, 1.54) is 6.92 Å². The Hall–Kier alpha value is -3.73. The molecule has 0 fully saturated rings. The van der Waals surface area contributed by atoms with E-state index in [1.54, 1.807) is 0 Å². The highest BCUT2D eigenvalue weighted by atomic mass is 16.4. The van der Waals surface area contributed by atoms with Crippen molar-refractivity contribution < 1.29 is 14.8 Å². The fraction of sp³-hybridized carbons (Fsp3) is 0.192. The third-order valence-electron chi connectivity index (χ3n) is 5.82. The average molecular weight is 412 g/mol. The van der Waals surface area contributed by atoms with Crippen LogP contribution in [0.25, 0.3) is 21.8 Å². The summed E-state index contributed by atoms with van der Waals surface area (Å²) >= 11 is 0. The molecular formula is C26H24N2O3. The van der Waals surface area contributed by atoms with Crippen LogP contribution in [-0.2, 0) is 17.8 Å². The lowest BCUT2D eigenvalue weighted by molar-refractivity contribution is -0.112. The Labute approximate surface area is 180 Å². The highest BCUT2D eigenvalue weighted by Gasteiger charge is 2.16. The van der Waals surface area contributed by atoms with Gasteiger partial charge in [-0.3, -0.25) is 9.59 Å². The van der Waals surface area contributed by atoms with Crippen molar-refractivity contribution in [3.63, 3.8) is 0 Å². The van der Waals surface area contributed by atoms with Crippen LogP contribution >= 0.6 is 0 Å². The molecule has 0 spiro atoms. The van der Waals surface area contributed by atoms with Gasteiger partial charge in [-0.1, -0.05) is 35.5 Å². The first-order valence-electron chi connectivity index (χ1n) is 10.3. The van der Waals surface area contributed by atoms with Crippen LogP contribution in [0.2, 0.25) is 0 Å². The van der Waals surface area contributed by atoms with E-state index < -0.39 is 0 Å². The van der Waals surface area contributed by atoms with Crippen molar-refractivity contribution in [1.82, 2.24) is 4.57 Å². The van der Waals surface area contributed by atoms with Gasteiger partial charge in [-0.2, -0.15) is 0 Å². The molecular weight excluding hydrogens is 388 g/mol. The van der Waals surface area contributed by atoms with E-state index in [2.05, 4.69) is 16.6 Å². The number of ketones is 2. The van der Waals surface area contributed by atoms with E-state index in [9.17, 15) is 9.59 Å². The fourth-order valence-corrected chi connectivity index (χ4v) is 4.10. The molecule has 0 aliphatic rings. The van der Waals surface area contributed by atoms with E-state index >= 15 is 0 Å². The van der Waals surface area contributed by atoms with Crippen molar-refractivity contribution in [3.8, 4) is 0 Å². The lowest BCUT2D eigenvalue weighted by Gasteiger charge is -2.06. The molecule has 5 heteroatoms. The normalized spacial score (nSPS) is 11.9. The number of hydrogen-bond acceptors (Lipinski definition) is 4. The largest absolute Gasteiger partial charge is 0.411 e. The van der Waals surface area contributed by atoms with Crippen LogP contribution in [0.4, 0.5) is 0 Å². The first-order chi connectivity index (χ1) is 14.9. The predicted octanol–water partition coefficient (Wildman–Crippen LogP) is 5.32. The monoisotopic (exact) mass is 412 g/mol. The van der Waals surface area contributed by atoms with Gasteiger partial charge in [0.1, 0.15) is 5.71 Å². The minimum atomic E-state index is -0.225. The number of hydrogen-bond donors (Lipinski definition) is 1. The molecule has 3 aromatic carbocycles. The minimum Gasteiger partial charge on any atom is -0.411 e. The molecule has 4 rings (SSSR count). The Morgan fingerprint density at radius 1 is 0.968 bits per heavy atom. The number of nitrogens with zero attached hydrogens (tertiary/aromatic N) is 2. The summed E-state index contributed by atoms with van der Waals surface area (Å²) in [5.74, 6) is -0.227. The molecule has 0 amide bonds. The van der Waals surface area contributed by atoms with E-state index in [0.29, 0.717) is 11.1 Å². The highest BCUT2D eigenvalue weighted by Crippen LogP contribution is 2.31. The van der Waals surface area contributed by atoms with Crippen LogP contribution in [0.3, 0.4) is 0 Å². The van der Waals surface area contributed by atoms with Gasteiger partial charge in [0.25, 0.3) is 0 Å². The van der Waals surface area contributed by atoms with Crippen LogP contribution in [0.5, 0.6) is 0 Å². The van der Waals surface area contributed by atoms with Crippen molar-refractivity contribution in [2.24, 2.45) is 5.16 Å². The number of carbonyl (C=O) groups is 2. The number of oxime groups is 1. The quantitative estimate of drug-likeness (QED) is 0.202. The van der Waals surface area contributed by atoms with Gasteiger partial charge in [0.15, 0.2) is 11.6 Å². The maximum atomic E-state index is 13.2. The van der Waals surface area contributed by atoms with Crippen molar-refractivity contribution in [2.45, 2.75) is 33.7 Å². The Morgan fingerprint density at radius 3 is 2.32 bits per heavy atom. The number of carbonyl (C=O) groups excluding carboxylic acids is 2. The van der Waals surface area contributed by atoms with Crippen LogP contribution in [-0.4, -0.2) is 27.1 Å². The molecule has 1 heterocycles. The van der Waals surface area contributed by atoms with Gasteiger partial charge in [0.05, 0.1) is 0 Å². The molecule has 31 heavy (non-hydrogen) atoms. The van der Waals surface area contributed by atoms with Gasteiger partial charge in [0, 0.05) is 45.9 Å². The first-order valence-corrected chi connectivity index (χ1v) is 10.3. The third kappa shape index (κ3) is 3.63. The topological polar surface area (TPSA) is 71.7 Å². The molecule has 0 bridgehead atoms. The summed E-state index contributed by atoms with van der Waals surface area (Å²) in [6.07, 6.45) is 0.159. The molecule has 5 nitrogen and oxygen atoms in total. The second kappa shape index (κ2) is 8.19. The molecule has 0 unspecified atom stereocenters. The van der Waals surface area contributed by atoms with Gasteiger partial charge >= 0.3 is 0 Å².